The van der Waals surface area contributed by atoms with Crippen LogP contribution in [0.5, 0.6) is 0 Å². The molecule has 0 unspecified atom stereocenters. The highest BCUT2D eigenvalue weighted by Gasteiger charge is 2.54. The first-order valence-corrected chi connectivity index (χ1v) is 15.0. The fraction of sp³-hybridized carbons (Fsp3) is 0.667. The van der Waals surface area contributed by atoms with Gasteiger partial charge in [0.05, 0.1) is 16.1 Å². The first kappa shape index (κ1) is 15.1. The van der Waals surface area contributed by atoms with Crippen molar-refractivity contribution in [1.29, 1.82) is 0 Å². The Morgan fingerprint density at radius 1 is 0.765 bits per heavy atom. The summed E-state index contributed by atoms with van der Waals surface area (Å²) in [5.41, 5.74) is 0. The first-order chi connectivity index (χ1) is 7.59. The van der Waals surface area contributed by atoms with Crippen LogP contribution in [0.1, 0.15) is 0 Å². The van der Waals surface area contributed by atoms with Crippen LogP contribution < -0.4 is 0 Å². The highest BCUT2D eigenvalue weighted by Crippen LogP contribution is 2.40. The van der Waals surface area contributed by atoms with E-state index < -0.39 is 24.7 Å². The highest BCUT2D eigenvalue weighted by molar-refractivity contribution is 7.13. The molecule has 1 aliphatic heterocycles. The topological polar surface area (TPSA) is 18.5 Å². The van der Waals surface area contributed by atoms with E-state index in [1.165, 1.54) is 9.64 Å². The second-order valence-corrected chi connectivity index (χ2v) is 20.9. The molecule has 0 bridgehead atoms. The molecule has 98 valence electrons. The predicted octanol–water partition coefficient (Wildman–Crippen LogP) is 3.42. The van der Waals surface area contributed by atoms with Gasteiger partial charge in [-0.25, -0.2) is 0 Å². The monoisotopic (exact) mass is 286 g/mol. The van der Waals surface area contributed by atoms with Crippen LogP contribution in [-0.4, -0.2) is 38.9 Å². The van der Waals surface area contributed by atoms with E-state index in [2.05, 4.69) is 51.4 Å². The quantitative estimate of drug-likeness (QED) is 0.737. The summed E-state index contributed by atoms with van der Waals surface area (Å²) in [6.45, 7) is 14.2. The van der Waals surface area contributed by atoms with E-state index in [1.54, 1.807) is 0 Å². The lowest BCUT2D eigenvalue weighted by Gasteiger charge is -2.38. The maximum Gasteiger partial charge on any atom is 0.390 e. The summed E-state index contributed by atoms with van der Waals surface area (Å²) < 4.78 is 12.0. The van der Waals surface area contributed by atoms with Gasteiger partial charge >= 0.3 is 8.56 Å². The molecule has 1 heterocycles. The molecule has 1 aliphatic rings. The lowest BCUT2D eigenvalue weighted by Crippen LogP contribution is -2.55. The SMILES string of the molecule is CO[Si]1(OC)C([Si](C)(C)C)=CC=C1[Si](C)(C)C. The molecule has 0 radical (unpaired) electrons. The fourth-order valence-corrected chi connectivity index (χ4v) is 16.0. The minimum atomic E-state index is -2.26. The Morgan fingerprint density at radius 3 is 1.24 bits per heavy atom. The van der Waals surface area contributed by atoms with Crippen molar-refractivity contribution in [1.82, 2.24) is 0 Å². The van der Waals surface area contributed by atoms with Crippen molar-refractivity contribution in [3.05, 3.63) is 21.8 Å². The Balaban J connectivity index is 3.29. The van der Waals surface area contributed by atoms with Crippen LogP contribution in [0.3, 0.4) is 0 Å². The van der Waals surface area contributed by atoms with Gasteiger partial charge in [-0.2, -0.15) is 0 Å². The van der Waals surface area contributed by atoms with Gasteiger partial charge < -0.3 is 8.85 Å². The summed E-state index contributed by atoms with van der Waals surface area (Å²) in [4.78, 5) is 2.99. The van der Waals surface area contributed by atoms with Crippen molar-refractivity contribution >= 4 is 24.7 Å². The van der Waals surface area contributed by atoms with E-state index in [0.29, 0.717) is 0 Å². The molecule has 17 heavy (non-hydrogen) atoms. The first-order valence-electron chi connectivity index (χ1n) is 6.14. The standard InChI is InChI=1S/C12H26O2Si3/c1-13-17(14-2)11(15(3,4)5)9-10-12(17)16(6,7)8/h9-10H,1-8H3. The molecule has 5 heteroatoms. The molecule has 0 aromatic carbocycles. The summed E-state index contributed by atoms with van der Waals surface area (Å²) in [5.74, 6) is 0. The van der Waals surface area contributed by atoms with E-state index >= 15 is 0 Å². The molecule has 0 aromatic heterocycles. The molecule has 0 spiro atoms. The van der Waals surface area contributed by atoms with Crippen LogP contribution >= 0.6 is 0 Å². The van der Waals surface area contributed by atoms with Crippen molar-refractivity contribution in [3.63, 3.8) is 0 Å². The zero-order valence-electron chi connectivity index (χ0n) is 12.5. The molecular weight excluding hydrogens is 260 g/mol. The zero-order valence-corrected chi connectivity index (χ0v) is 15.5. The van der Waals surface area contributed by atoms with Crippen molar-refractivity contribution in [3.8, 4) is 0 Å². The molecule has 0 aliphatic carbocycles. The normalized spacial score (nSPS) is 20.2. The molecule has 0 fully saturated rings. The van der Waals surface area contributed by atoms with Crippen molar-refractivity contribution in [2.24, 2.45) is 0 Å². The van der Waals surface area contributed by atoms with Gasteiger partial charge in [0, 0.05) is 14.2 Å². The van der Waals surface area contributed by atoms with Crippen molar-refractivity contribution in [2.75, 3.05) is 14.2 Å². The minimum Gasteiger partial charge on any atom is -0.392 e. The second-order valence-electron chi connectivity index (χ2n) is 6.69. The minimum absolute atomic E-state index is 1.38. The number of rotatable bonds is 4. The smallest absolute Gasteiger partial charge is 0.390 e. The predicted molar refractivity (Wildman–Crippen MR) is 82.6 cm³/mol. The third kappa shape index (κ3) is 2.58. The van der Waals surface area contributed by atoms with E-state index in [9.17, 15) is 0 Å². The lowest BCUT2D eigenvalue weighted by molar-refractivity contribution is 0.267. The Bertz CT molecular complexity index is 323. The van der Waals surface area contributed by atoms with Crippen LogP contribution in [0.4, 0.5) is 0 Å². The van der Waals surface area contributed by atoms with Crippen LogP contribution in [0.15, 0.2) is 21.8 Å². The molecule has 0 N–H and O–H groups in total. The maximum atomic E-state index is 5.98. The fourth-order valence-electron chi connectivity index (χ4n) is 2.54. The Kier molecular flexibility index (Phi) is 4.11. The zero-order chi connectivity index (χ0) is 13.5. The molecular formula is C12H26O2Si3. The van der Waals surface area contributed by atoms with Crippen molar-refractivity contribution < 1.29 is 8.85 Å². The molecule has 0 saturated heterocycles. The maximum absolute atomic E-state index is 5.98. The third-order valence-corrected chi connectivity index (χ3v) is 16.3. The molecule has 0 atom stereocenters. The van der Waals surface area contributed by atoms with Gasteiger partial charge in [0.2, 0.25) is 0 Å². The largest absolute Gasteiger partial charge is 0.392 e. The number of allylic oxidation sites excluding steroid dienone is 2. The summed E-state index contributed by atoms with van der Waals surface area (Å²) in [6, 6.07) is 0. The Morgan fingerprint density at radius 2 is 1.06 bits per heavy atom. The van der Waals surface area contributed by atoms with E-state index in [-0.39, 0.29) is 0 Å². The molecule has 1 rings (SSSR count). The second kappa shape index (κ2) is 4.62. The Labute approximate surface area is 109 Å². The summed E-state index contributed by atoms with van der Waals surface area (Å²) >= 11 is 0. The molecule has 0 aromatic rings. The Hall–Kier alpha value is 0.0506. The third-order valence-electron chi connectivity index (χ3n) is 3.32. The van der Waals surface area contributed by atoms with Gasteiger partial charge in [-0.15, -0.1) is 0 Å². The summed E-state index contributed by atoms with van der Waals surface area (Å²) in [7, 11) is -1.38. The summed E-state index contributed by atoms with van der Waals surface area (Å²) in [6.07, 6.45) is 4.61. The van der Waals surface area contributed by atoms with Gasteiger partial charge in [-0.3, -0.25) is 0 Å². The van der Waals surface area contributed by atoms with E-state index in [4.69, 9.17) is 8.85 Å². The van der Waals surface area contributed by atoms with Crippen LogP contribution in [0, 0.1) is 0 Å². The van der Waals surface area contributed by atoms with Gasteiger partial charge in [0.25, 0.3) is 0 Å². The lowest BCUT2D eigenvalue weighted by atomic mass is 10.6. The van der Waals surface area contributed by atoms with Gasteiger partial charge in [-0.1, -0.05) is 51.4 Å². The average Bonchev–Trinajstić information content (AvgIpc) is 2.55. The van der Waals surface area contributed by atoms with Gasteiger partial charge in [0.1, 0.15) is 0 Å². The molecule has 0 amide bonds. The van der Waals surface area contributed by atoms with Crippen molar-refractivity contribution in [2.45, 2.75) is 39.3 Å². The number of hydrogen-bond donors (Lipinski definition) is 0. The van der Waals surface area contributed by atoms with Crippen LogP contribution in [-0.2, 0) is 8.85 Å². The highest BCUT2D eigenvalue weighted by atomic mass is 28.4. The van der Waals surface area contributed by atoms with Crippen LogP contribution in [0.25, 0.3) is 0 Å². The van der Waals surface area contributed by atoms with Gasteiger partial charge in [-0.05, 0) is 9.64 Å². The number of hydrogen-bond acceptors (Lipinski definition) is 2. The summed E-state index contributed by atoms with van der Waals surface area (Å²) in [5, 5.41) is 0. The molecule has 0 saturated carbocycles. The van der Waals surface area contributed by atoms with Crippen LogP contribution in [0.2, 0.25) is 39.3 Å². The molecule has 2 nitrogen and oxygen atoms in total. The van der Waals surface area contributed by atoms with E-state index in [1.807, 2.05) is 14.2 Å². The average molecular weight is 287 g/mol. The van der Waals surface area contributed by atoms with E-state index in [0.717, 1.165) is 0 Å². The van der Waals surface area contributed by atoms with Gasteiger partial charge in [0.15, 0.2) is 0 Å².